The van der Waals surface area contributed by atoms with E-state index in [0.29, 0.717) is 5.56 Å². The Labute approximate surface area is 128 Å². The molecule has 110 valence electrons. The standard InChI is InChI=1S/C18H15NO3/c1-17(12-8-4-3-5-9-12)16(21)22-18(2)14-11-7-6-10-13(14)15(20)19(17)18/h3-11H,1-2H3. The van der Waals surface area contributed by atoms with Crippen LogP contribution >= 0.6 is 0 Å². The fourth-order valence-electron chi connectivity index (χ4n) is 3.62. The Balaban J connectivity index is 1.97. The number of carbonyl (C=O) groups excluding carboxylic acids is 2. The lowest BCUT2D eigenvalue weighted by Crippen LogP contribution is -2.49. The molecule has 0 aliphatic carbocycles. The van der Waals surface area contributed by atoms with Crippen LogP contribution in [0.2, 0.25) is 0 Å². The summed E-state index contributed by atoms with van der Waals surface area (Å²) in [7, 11) is 0. The van der Waals surface area contributed by atoms with Crippen molar-refractivity contribution in [3.63, 3.8) is 0 Å². The summed E-state index contributed by atoms with van der Waals surface area (Å²) >= 11 is 0. The van der Waals surface area contributed by atoms with Crippen molar-refractivity contribution in [3.8, 4) is 0 Å². The number of hydrogen-bond acceptors (Lipinski definition) is 3. The first-order valence-corrected chi connectivity index (χ1v) is 7.23. The first-order valence-electron chi connectivity index (χ1n) is 7.23. The average Bonchev–Trinajstić information content (AvgIpc) is 2.89. The van der Waals surface area contributed by atoms with Crippen LogP contribution in [0.5, 0.6) is 0 Å². The van der Waals surface area contributed by atoms with Crippen LogP contribution in [0, 0.1) is 0 Å². The summed E-state index contributed by atoms with van der Waals surface area (Å²) in [6.45, 7) is 3.53. The van der Waals surface area contributed by atoms with Crippen LogP contribution in [-0.2, 0) is 20.8 Å². The van der Waals surface area contributed by atoms with Gasteiger partial charge < -0.3 is 4.74 Å². The van der Waals surface area contributed by atoms with E-state index < -0.39 is 17.2 Å². The number of benzene rings is 2. The highest BCUT2D eigenvalue weighted by atomic mass is 16.6. The Hall–Kier alpha value is -2.62. The molecule has 0 N–H and O–H groups in total. The molecule has 4 heteroatoms. The zero-order valence-electron chi connectivity index (χ0n) is 12.4. The number of hydrogen-bond donors (Lipinski definition) is 0. The van der Waals surface area contributed by atoms with Crippen LogP contribution in [0.4, 0.5) is 0 Å². The van der Waals surface area contributed by atoms with Gasteiger partial charge in [-0.1, -0.05) is 48.5 Å². The quantitative estimate of drug-likeness (QED) is 0.760. The molecule has 0 aromatic heterocycles. The minimum Gasteiger partial charge on any atom is -0.433 e. The molecule has 2 aliphatic rings. The zero-order chi connectivity index (χ0) is 15.5. The Morgan fingerprint density at radius 3 is 2.27 bits per heavy atom. The van der Waals surface area contributed by atoms with Crippen LogP contribution < -0.4 is 0 Å². The summed E-state index contributed by atoms with van der Waals surface area (Å²) in [4.78, 5) is 27.1. The highest BCUT2D eigenvalue weighted by Gasteiger charge is 2.66. The van der Waals surface area contributed by atoms with Gasteiger partial charge in [0, 0.05) is 11.1 Å². The molecule has 2 aromatic rings. The number of fused-ring (bicyclic) bond motifs is 3. The van der Waals surface area contributed by atoms with Gasteiger partial charge in [-0.25, -0.2) is 4.79 Å². The second-order valence-electron chi connectivity index (χ2n) is 6.00. The van der Waals surface area contributed by atoms with E-state index in [-0.39, 0.29) is 5.91 Å². The molecule has 22 heavy (non-hydrogen) atoms. The van der Waals surface area contributed by atoms with Crippen molar-refractivity contribution in [3.05, 3.63) is 71.3 Å². The van der Waals surface area contributed by atoms with E-state index in [2.05, 4.69) is 0 Å². The van der Waals surface area contributed by atoms with Gasteiger partial charge in [-0.2, -0.15) is 0 Å². The van der Waals surface area contributed by atoms with Gasteiger partial charge in [0.2, 0.25) is 5.72 Å². The lowest BCUT2D eigenvalue weighted by Gasteiger charge is -2.34. The van der Waals surface area contributed by atoms with Crippen LogP contribution in [0.15, 0.2) is 54.6 Å². The van der Waals surface area contributed by atoms with Crippen LogP contribution in [-0.4, -0.2) is 16.8 Å². The fourth-order valence-corrected chi connectivity index (χ4v) is 3.62. The van der Waals surface area contributed by atoms with Crippen LogP contribution in [0.1, 0.15) is 35.3 Å². The van der Waals surface area contributed by atoms with E-state index in [4.69, 9.17) is 4.74 Å². The number of carbonyl (C=O) groups is 2. The predicted molar refractivity (Wildman–Crippen MR) is 79.8 cm³/mol. The van der Waals surface area contributed by atoms with Crippen molar-refractivity contribution in [2.45, 2.75) is 25.1 Å². The largest absolute Gasteiger partial charge is 0.433 e. The third-order valence-corrected chi connectivity index (χ3v) is 4.76. The Morgan fingerprint density at radius 2 is 1.55 bits per heavy atom. The fraction of sp³-hybridized carbons (Fsp3) is 0.222. The van der Waals surface area contributed by atoms with Crippen molar-refractivity contribution < 1.29 is 14.3 Å². The van der Waals surface area contributed by atoms with Crippen molar-refractivity contribution in [1.29, 1.82) is 0 Å². The molecule has 2 heterocycles. The van der Waals surface area contributed by atoms with Crippen molar-refractivity contribution >= 4 is 11.9 Å². The van der Waals surface area contributed by atoms with Gasteiger partial charge in [0.15, 0.2) is 5.54 Å². The number of ether oxygens (including phenoxy) is 1. The molecule has 1 fully saturated rings. The Bertz CT molecular complexity index is 801. The Kier molecular flexibility index (Phi) is 2.36. The van der Waals surface area contributed by atoms with E-state index in [0.717, 1.165) is 11.1 Å². The molecule has 0 spiro atoms. The highest BCUT2D eigenvalue weighted by Crippen LogP contribution is 2.53. The first kappa shape index (κ1) is 13.1. The SMILES string of the molecule is CC12OC(=O)C(C)(c3ccccc3)N1C(=O)c1ccccc12. The zero-order valence-corrected chi connectivity index (χ0v) is 12.4. The first-order chi connectivity index (χ1) is 10.5. The number of nitrogens with zero attached hydrogens (tertiary/aromatic N) is 1. The Morgan fingerprint density at radius 1 is 0.909 bits per heavy atom. The van der Waals surface area contributed by atoms with Gasteiger partial charge in [-0.15, -0.1) is 0 Å². The molecule has 1 amide bonds. The number of esters is 1. The van der Waals surface area contributed by atoms with E-state index >= 15 is 0 Å². The summed E-state index contributed by atoms with van der Waals surface area (Å²) in [6, 6.07) is 16.6. The summed E-state index contributed by atoms with van der Waals surface area (Å²) < 4.78 is 5.71. The number of rotatable bonds is 1. The summed E-state index contributed by atoms with van der Waals surface area (Å²) in [5.74, 6) is -0.570. The second-order valence-corrected chi connectivity index (χ2v) is 6.00. The molecular formula is C18H15NO3. The maximum atomic E-state index is 12.9. The molecule has 2 atom stereocenters. The predicted octanol–water partition coefficient (Wildman–Crippen LogP) is 2.79. The molecule has 4 rings (SSSR count). The van der Waals surface area contributed by atoms with Gasteiger partial charge in [0.1, 0.15) is 0 Å². The third-order valence-electron chi connectivity index (χ3n) is 4.76. The topological polar surface area (TPSA) is 46.6 Å². The number of amides is 1. The van der Waals surface area contributed by atoms with Gasteiger partial charge in [-0.3, -0.25) is 9.69 Å². The average molecular weight is 293 g/mol. The van der Waals surface area contributed by atoms with Crippen LogP contribution in [0.25, 0.3) is 0 Å². The molecule has 2 aliphatic heterocycles. The van der Waals surface area contributed by atoms with E-state index in [1.165, 1.54) is 0 Å². The minimum atomic E-state index is -1.12. The molecule has 2 unspecified atom stereocenters. The second kappa shape index (κ2) is 3.97. The minimum absolute atomic E-state index is 0.171. The molecule has 0 bridgehead atoms. The van der Waals surface area contributed by atoms with E-state index in [1.807, 2.05) is 48.5 Å². The van der Waals surface area contributed by atoms with Gasteiger partial charge in [0.05, 0.1) is 0 Å². The van der Waals surface area contributed by atoms with Gasteiger partial charge >= 0.3 is 5.97 Å². The molecule has 1 saturated heterocycles. The van der Waals surface area contributed by atoms with Crippen molar-refractivity contribution in [2.75, 3.05) is 0 Å². The van der Waals surface area contributed by atoms with E-state index in [1.54, 1.807) is 24.8 Å². The molecule has 0 radical (unpaired) electrons. The monoisotopic (exact) mass is 293 g/mol. The lowest BCUT2D eigenvalue weighted by atomic mass is 9.90. The van der Waals surface area contributed by atoms with Gasteiger partial charge in [-0.05, 0) is 25.5 Å². The third kappa shape index (κ3) is 1.32. The van der Waals surface area contributed by atoms with E-state index in [9.17, 15) is 9.59 Å². The summed E-state index contributed by atoms with van der Waals surface area (Å²) in [6.07, 6.45) is 0. The summed E-state index contributed by atoms with van der Waals surface area (Å²) in [5, 5.41) is 0. The van der Waals surface area contributed by atoms with Crippen LogP contribution in [0.3, 0.4) is 0 Å². The molecule has 0 saturated carbocycles. The maximum absolute atomic E-state index is 12.9. The summed E-state index contributed by atoms with van der Waals surface area (Å²) in [5.41, 5.74) is -0.0703. The van der Waals surface area contributed by atoms with Crippen molar-refractivity contribution in [2.24, 2.45) is 0 Å². The normalized spacial score (nSPS) is 29.3. The molecule has 4 nitrogen and oxygen atoms in total. The maximum Gasteiger partial charge on any atom is 0.339 e. The molecule has 2 aromatic carbocycles. The lowest BCUT2D eigenvalue weighted by molar-refractivity contribution is -0.152. The van der Waals surface area contributed by atoms with Gasteiger partial charge in [0.25, 0.3) is 5.91 Å². The highest BCUT2D eigenvalue weighted by molar-refractivity contribution is 6.05. The molecular weight excluding hydrogens is 278 g/mol. The smallest absolute Gasteiger partial charge is 0.339 e. The van der Waals surface area contributed by atoms with Crippen molar-refractivity contribution in [1.82, 2.24) is 4.90 Å².